The molecule has 1 aromatic carbocycles. The first kappa shape index (κ1) is 20.2. The average molecular weight is 387 g/mol. The second kappa shape index (κ2) is 9.08. The van der Waals surface area contributed by atoms with E-state index < -0.39 is 5.97 Å². The van der Waals surface area contributed by atoms with Gasteiger partial charge in [0.2, 0.25) is 5.91 Å². The average Bonchev–Trinajstić information content (AvgIpc) is 2.72. The summed E-state index contributed by atoms with van der Waals surface area (Å²) in [6.07, 6.45) is 3.71. The van der Waals surface area contributed by atoms with Crippen molar-refractivity contribution in [2.24, 2.45) is 11.8 Å². The van der Waals surface area contributed by atoms with Gasteiger partial charge < -0.3 is 20.2 Å². The van der Waals surface area contributed by atoms with Crippen LogP contribution in [0.15, 0.2) is 24.3 Å². The molecule has 2 aliphatic rings. The lowest BCUT2D eigenvalue weighted by Crippen LogP contribution is -2.48. The number of carboxylic acid groups (broad SMARTS) is 1. The highest BCUT2D eigenvalue weighted by Gasteiger charge is 2.31. The van der Waals surface area contributed by atoms with Crippen LogP contribution < -0.4 is 5.32 Å². The molecule has 0 aromatic heterocycles. The zero-order valence-corrected chi connectivity index (χ0v) is 16.4. The molecule has 152 valence electrons. The van der Waals surface area contributed by atoms with Crippen LogP contribution in [0.5, 0.6) is 0 Å². The first-order valence-corrected chi connectivity index (χ1v) is 10.1. The summed E-state index contributed by atoms with van der Waals surface area (Å²) in [5, 5.41) is 11.8. The van der Waals surface area contributed by atoms with E-state index in [0.717, 1.165) is 25.1 Å². The normalized spacial score (nSPS) is 20.7. The van der Waals surface area contributed by atoms with Gasteiger partial charge in [-0.25, -0.2) is 9.59 Å². The van der Waals surface area contributed by atoms with E-state index in [1.54, 1.807) is 17.0 Å². The van der Waals surface area contributed by atoms with Gasteiger partial charge in [0.15, 0.2) is 0 Å². The van der Waals surface area contributed by atoms with Crippen molar-refractivity contribution in [1.82, 2.24) is 15.1 Å². The number of benzene rings is 1. The Kier molecular flexibility index (Phi) is 6.54. The number of piperidine rings is 2. The van der Waals surface area contributed by atoms with Gasteiger partial charge in [-0.1, -0.05) is 19.1 Å². The lowest BCUT2D eigenvalue weighted by molar-refractivity contribution is -0.138. The summed E-state index contributed by atoms with van der Waals surface area (Å²) >= 11 is 0. The number of hydrogen-bond donors (Lipinski definition) is 2. The molecule has 0 aliphatic carbocycles. The number of nitrogens with one attached hydrogen (secondary N) is 1. The monoisotopic (exact) mass is 387 g/mol. The predicted octanol–water partition coefficient (Wildman–Crippen LogP) is 2.56. The van der Waals surface area contributed by atoms with Crippen molar-refractivity contribution >= 4 is 17.9 Å². The fourth-order valence-electron chi connectivity index (χ4n) is 4.03. The summed E-state index contributed by atoms with van der Waals surface area (Å²) in [6, 6.07) is 6.33. The number of hydrogen-bond acceptors (Lipinski definition) is 3. The Morgan fingerprint density at radius 1 is 1.04 bits per heavy atom. The predicted molar refractivity (Wildman–Crippen MR) is 105 cm³/mol. The fourth-order valence-corrected chi connectivity index (χ4v) is 4.03. The van der Waals surface area contributed by atoms with Gasteiger partial charge in [-0.15, -0.1) is 0 Å². The zero-order valence-electron chi connectivity index (χ0n) is 16.4. The molecule has 0 spiro atoms. The number of carbonyl (C=O) groups excluding carboxylic acids is 2. The SMILES string of the molecule is CC1CCCN(C(=O)C2CCN(C(=O)NCc3ccc(C(=O)O)cc3)CC2)C1. The summed E-state index contributed by atoms with van der Waals surface area (Å²) in [5.74, 6) is -0.108. The van der Waals surface area contributed by atoms with Crippen molar-refractivity contribution in [3.8, 4) is 0 Å². The van der Waals surface area contributed by atoms with Crippen LogP contribution in [-0.4, -0.2) is 59.0 Å². The van der Waals surface area contributed by atoms with Crippen molar-refractivity contribution < 1.29 is 19.5 Å². The number of amides is 3. The highest BCUT2D eigenvalue weighted by atomic mass is 16.4. The Balaban J connectivity index is 1.43. The van der Waals surface area contributed by atoms with E-state index in [0.29, 0.717) is 38.4 Å². The quantitative estimate of drug-likeness (QED) is 0.831. The van der Waals surface area contributed by atoms with Gasteiger partial charge in [0, 0.05) is 38.6 Å². The molecule has 0 radical (unpaired) electrons. The molecule has 28 heavy (non-hydrogen) atoms. The Labute approximate surface area is 165 Å². The lowest BCUT2D eigenvalue weighted by Gasteiger charge is -2.37. The van der Waals surface area contributed by atoms with Gasteiger partial charge in [-0.3, -0.25) is 4.79 Å². The molecule has 2 N–H and O–H groups in total. The molecule has 0 saturated carbocycles. The first-order chi connectivity index (χ1) is 13.4. The van der Waals surface area contributed by atoms with Crippen molar-refractivity contribution in [1.29, 1.82) is 0 Å². The van der Waals surface area contributed by atoms with Crippen LogP contribution in [0.2, 0.25) is 0 Å². The summed E-state index contributed by atoms with van der Waals surface area (Å²) in [7, 11) is 0. The maximum absolute atomic E-state index is 12.7. The van der Waals surface area contributed by atoms with E-state index in [1.807, 2.05) is 4.90 Å². The highest BCUT2D eigenvalue weighted by Crippen LogP contribution is 2.23. The number of urea groups is 1. The largest absolute Gasteiger partial charge is 0.478 e. The Morgan fingerprint density at radius 3 is 2.32 bits per heavy atom. The van der Waals surface area contributed by atoms with Gasteiger partial charge in [0.1, 0.15) is 0 Å². The molecule has 1 atom stereocenters. The van der Waals surface area contributed by atoms with E-state index in [2.05, 4.69) is 12.2 Å². The lowest BCUT2D eigenvalue weighted by atomic mass is 9.93. The topological polar surface area (TPSA) is 90.0 Å². The second-order valence-electron chi connectivity index (χ2n) is 7.95. The van der Waals surface area contributed by atoms with E-state index in [-0.39, 0.29) is 23.4 Å². The Morgan fingerprint density at radius 2 is 1.71 bits per heavy atom. The van der Waals surface area contributed by atoms with E-state index in [9.17, 15) is 14.4 Å². The van der Waals surface area contributed by atoms with E-state index in [1.165, 1.54) is 18.6 Å². The fraction of sp³-hybridized carbons (Fsp3) is 0.571. The Hall–Kier alpha value is -2.57. The molecule has 2 fully saturated rings. The third-order valence-corrected chi connectivity index (χ3v) is 5.74. The van der Waals surface area contributed by atoms with E-state index >= 15 is 0 Å². The maximum Gasteiger partial charge on any atom is 0.335 e. The molecule has 3 rings (SSSR count). The van der Waals surface area contributed by atoms with Crippen molar-refractivity contribution in [2.75, 3.05) is 26.2 Å². The van der Waals surface area contributed by atoms with Gasteiger partial charge in [-0.2, -0.15) is 0 Å². The third kappa shape index (κ3) is 5.03. The number of rotatable bonds is 4. The van der Waals surface area contributed by atoms with Gasteiger partial charge in [-0.05, 0) is 49.3 Å². The van der Waals surface area contributed by atoms with Crippen LogP contribution in [0, 0.1) is 11.8 Å². The van der Waals surface area contributed by atoms with Gasteiger partial charge in [0.05, 0.1) is 5.56 Å². The molecule has 1 aromatic rings. The van der Waals surface area contributed by atoms with Crippen LogP contribution in [0.1, 0.15) is 48.5 Å². The van der Waals surface area contributed by atoms with E-state index in [4.69, 9.17) is 5.11 Å². The number of nitrogens with zero attached hydrogens (tertiary/aromatic N) is 2. The minimum Gasteiger partial charge on any atom is -0.478 e. The number of likely N-dealkylation sites (tertiary alicyclic amines) is 2. The second-order valence-corrected chi connectivity index (χ2v) is 7.95. The molecule has 3 amide bonds. The molecule has 2 saturated heterocycles. The summed E-state index contributed by atoms with van der Waals surface area (Å²) in [4.78, 5) is 39.8. The molecule has 2 aliphatic heterocycles. The smallest absolute Gasteiger partial charge is 0.335 e. The minimum atomic E-state index is -0.966. The van der Waals surface area contributed by atoms with Crippen LogP contribution in [0.3, 0.4) is 0 Å². The molecule has 0 bridgehead atoms. The summed E-state index contributed by atoms with van der Waals surface area (Å²) in [6.45, 7) is 5.45. The Bertz CT molecular complexity index is 711. The standard InChI is InChI=1S/C21H29N3O4/c1-15-3-2-10-24(14-15)19(25)17-8-11-23(12-9-17)21(28)22-13-16-4-6-18(7-5-16)20(26)27/h4-7,15,17H,2-3,8-14H2,1H3,(H,22,28)(H,26,27). The summed E-state index contributed by atoms with van der Waals surface area (Å²) in [5.41, 5.74) is 1.08. The molecule has 2 heterocycles. The van der Waals surface area contributed by atoms with Crippen LogP contribution in [0.25, 0.3) is 0 Å². The number of aromatic carboxylic acids is 1. The summed E-state index contributed by atoms with van der Waals surface area (Å²) < 4.78 is 0. The van der Waals surface area contributed by atoms with Crippen LogP contribution in [0.4, 0.5) is 4.79 Å². The van der Waals surface area contributed by atoms with Gasteiger partial charge in [0.25, 0.3) is 0 Å². The van der Waals surface area contributed by atoms with Crippen molar-refractivity contribution in [2.45, 2.75) is 39.2 Å². The number of carboxylic acids is 1. The zero-order chi connectivity index (χ0) is 20.1. The molecule has 7 heteroatoms. The van der Waals surface area contributed by atoms with Crippen molar-refractivity contribution in [3.05, 3.63) is 35.4 Å². The number of carbonyl (C=O) groups is 3. The minimum absolute atomic E-state index is 0.0258. The van der Waals surface area contributed by atoms with Crippen molar-refractivity contribution in [3.63, 3.8) is 0 Å². The third-order valence-electron chi connectivity index (χ3n) is 5.74. The van der Waals surface area contributed by atoms with Gasteiger partial charge >= 0.3 is 12.0 Å². The molecule has 1 unspecified atom stereocenters. The molecule has 7 nitrogen and oxygen atoms in total. The highest BCUT2D eigenvalue weighted by molar-refractivity contribution is 5.87. The van der Waals surface area contributed by atoms with Crippen LogP contribution in [-0.2, 0) is 11.3 Å². The molecular weight excluding hydrogens is 358 g/mol. The molecular formula is C21H29N3O4. The maximum atomic E-state index is 12.7. The first-order valence-electron chi connectivity index (χ1n) is 10.1. The van der Waals surface area contributed by atoms with Crippen LogP contribution >= 0.6 is 0 Å².